The van der Waals surface area contributed by atoms with E-state index in [0.29, 0.717) is 11.3 Å². The van der Waals surface area contributed by atoms with Crippen LogP contribution < -0.4 is 5.32 Å². The fraction of sp³-hybridized carbons (Fsp3) is 0.368. The number of unbranched alkanes of at least 4 members (excludes halogenated alkanes) is 1. The largest absolute Gasteiger partial charge is 0.465 e. The number of hydrogen-bond acceptors (Lipinski definition) is 4. The van der Waals surface area contributed by atoms with Gasteiger partial charge in [0.15, 0.2) is 0 Å². The number of carbonyl (C=O) groups excluding carboxylic acids is 1. The Morgan fingerprint density at radius 3 is 2.79 bits per heavy atom. The third-order valence-corrected chi connectivity index (χ3v) is 4.43. The summed E-state index contributed by atoms with van der Waals surface area (Å²) in [5, 5.41) is 5.54. The third-order valence-electron chi connectivity index (χ3n) is 4.43. The van der Waals surface area contributed by atoms with Gasteiger partial charge in [0.25, 0.3) is 0 Å². The number of fused-ring (bicyclic) bond motifs is 3. The second-order valence-corrected chi connectivity index (χ2v) is 5.99. The van der Waals surface area contributed by atoms with E-state index in [1.54, 1.807) is 0 Å². The van der Waals surface area contributed by atoms with E-state index in [1.165, 1.54) is 7.11 Å². The zero-order valence-electron chi connectivity index (χ0n) is 14.6. The first kappa shape index (κ1) is 16.3. The van der Waals surface area contributed by atoms with Crippen LogP contribution >= 0.6 is 0 Å². The van der Waals surface area contributed by atoms with Gasteiger partial charge < -0.3 is 14.6 Å². The first-order valence-electron chi connectivity index (χ1n) is 8.30. The fourth-order valence-electron chi connectivity index (χ4n) is 3.20. The molecule has 5 nitrogen and oxygen atoms in total. The van der Waals surface area contributed by atoms with Gasteiger partial charge in [0, 0.05) is 19.0 Å². The number of methoxy groups -OCH3 is 1. The van der Waals surface area contributed by atoms with Crippen LogP contribution in [0.3, 0.4) is 0 Å². The van der Waals surface area contributed by atoms with Gasteiger partial charge in [-0.1, -0.05) is 31.5 Å². The first-order valence-corrected chi connectivity index (χ1v) is 8.30. The Morgan fingerprint density at radius 2 is 2.08 bits per heavy atom. The predicted molar refractivity (Wildman–Crippen MR) is 97.7 cm³/mol. The van der Waals surface area contributed by atoms with Crippen LogP contribution in [0.5, 0.6) is 0 Å². The summed E-state index contributed by atoms with van der Waals surface area (Å²) in [5.74, 6) is -0.353. The summed E-state index contributed by atoms with van der Waals surface area (Å²) in [5.41, 5.74) is 4.01. The molecule has 0 unspecified atom stereocenters. The topological polar surface area (TPSA) is 56.1 Å². The molecule has 24 heavy (non-hydrogen) atoms. The standard InChI is InChI=1S/C19H23N3O2/c1-5-6-11-20-17-15(19(23)24-4)12(2)21-18-16(17)13-9-7-8-10-14(13)22(18)3/h7-10H,5-6,11H2,1-4H3,(H,20,21). The molecule has 0 aliphatic heterocycles. The van der Waals surface area contributed by atoms with Gasteiger partial charge in [-0.25, -0.2) is 9.78 Å². The SMILES string of the molecule is CCCCNc1c(C(=O)OC)c(C)nc2c1c1ccccc1n2C. The van der Waals surface area contributed by atoms with E-state index in [2.05, 4.69) is 28.9 Å². The number of rotatable bonds is 5. The average Bonchev–Trinajstić information content (AvgIpc) is 2.87. The molecule has 0 saturated carbocycles. The van der Waals surface area contributed by atoms with Gasteiger partial charge in [0.05, 0.1) is 29.4 Å². The van der Waals surface area contributed by atoms with Crippen molar-refractivity contribution >= 4 is 33.6 Å². The van der Waals surface area contributed by atoms with Crippen molar-refractivity contribution in [2.45, 2.75) is 26.7 Å². The molecule has 0 aliphatic carbocycles. The molecule has 0 amide bonds. The van der Waals surface area contributed by atoms with Crippen LogP contribution in [0.25, 0.3) is 21.9 Å². The smallest absolute Gasteiger partial charge is 0.341 e. The number of aromatic nitrogens is 2. The molecule has 0 atom stereocenters. The Morgan fingerprint density at radius 1 is 1.33 bits per heavy atom. The average molecular weight is 325 g/mol. The van der Waals surface area contributed by atoms with E-state index in [1.807, 2.05) is 26.1 Å². The van der Waals surface area contributed by atoms with Gasteiger partial charge in [0.1, 0.15) is 11.2 Å². The number of benzene rings is 1. The zero-order chi connectivity index (χ0) is 17.3. The molecule has 0 fully saturated rings. The molecule has 3 aromatic rings. The van der Waals surface area contributed by atoms with Gasteiger partial charge in [-0.3, -0.25) is 0 Å². The number of nitrogens with one attached hydrogen (secondary N) is 1. The highest BCUT2D eigenvalue weighted by Gasteiger charge is 2.23. The van der Waals surface area contributed by atoms with Gasteiger partial charge in [-0.05, 0) is 19.4 Å². The quantitative estimate of drug-likeness (QED) is 0.568. The van der Waals surface area contributed by atoms with E-state index in [-0.39, 0.29) is 5.97 Å². The summed E-state index contributed by atoms with van der Waals surface area (Å²) in [6.07, 6.45) is 2.12. The molecule has 0 spiro atoms. The van der Waals surface area contributed by atoms with Crippen molar-refractivity contribution in [1.29, 1.82) is 0 Å². The highest BCUT2D eigenvalue weighted by molar-refractivity contribution is 6.17. The van der Waals surface area contributed by atoms with E-state index >= 15 is 0 Å². The molecule has 126 valence electrons. The fourth-order valence-corrected chi connectivity index (χ4v) is 3.20. The molecule has 0 radical (unpaired) electrons. The molecule has 0 saturated heterocycles. The second-order valence-electron chi connectivity index (χ2n) is 5.99. The van der Waals surface area contributed by atoms with E-state index < -0.39 is 0 Å². The lowest BCUT2D eigenvalue weighted by molar-refractivity contribution is 0.0600. The van der Waals surface area contributed by atoms with E-state index in [9.17, 15) is 4.79 Å². The van der Waals surface area contributed by atoms with Crippen molar-refractivity contribution in [2.24, 2.45) is 7.05 Å². The number of pyridine rings is 1. The summed E-state index contributed by atoms with van der Waals surface area (Å²) in [6.45, 7) is 4.81. The summed E-state index contributed by atoms with van der Waals surface area (Å²) < 4.78 is 7.08. The summed E-state index contributed by atoms with van der Waals surface area (Å²) in [4.78, 5) is 17.1. The van der Waals surface area contributed by atoms with Crippen LogP contribution in [-0.4, -0.2) is 29.2 Å². The second kappa shape index (κ2) is 6.51. The normalized spacial score (nSPS) is 11.2. The monoisotopic (exact) mass is 325 g/mol. The Kier molecular flexibility index (Phi) is 4.42. The van der Waals surface area contributed by atoms with Gasteiger partial charge in [0.2, 0.25) is 0 Å². The molecule has 0 aliphatic rings. The van der Waals surface area contributed by atoms with Gasteiger partial charge in [-0.2, -0.15) is 0 Å². The first-order chi connectivity index (χ1) is 11.6. The number of hydrogen-bond donors (Lipinski definition) is 1. The lowest BCUT2D eigenvalue weighted by atomic mass is 10.1. The number of carbonyl (C=O) groups is 1. The molecule has 2 aromatic heterocycles. The van der Waals surface area contributed by atoms with Crippen molar-refractivity contribution in [3.05, 3.63) is 35.5 Å². The number of ether oxygens (including phenoxy) is 1. The Labute approximate surface area is 141 Å². The van der Waals surface area contributed by atoms with Crippen LogP contribution in [0, 0.1) is 6.92 Å². The van der Waals surface area contributed by atoms with Gasteiger partial charge in [-0.15, -0.1) is 0 Å². The molecule has 2 heterocycles. The minimum absolute atomic E-state index is 0.353. The van der Waals surface area contributed by atoms with Crippen molar-refractivity contribution in [3.8, 4) is 0 Å². The van der Waals surface area contributed by atoms with Crippen molar-refractivity contribution in [2.75, 3.05) is 19.0 Å². The van der Waals surface area contributed by atoms with Crippen molar-refractivity contribution in [3.63, 3.8) is 0 Å². The molecular formula is C19H23N3O2. The minimum atomic E-state index is -0.353. The van der Waals surface area contributed by atoms with Gasteiger partial charge >= 0.3 is 5.97 Å². The number of esters is 1. The highest BCUT2D eigenvalue weighted by Crippen LogP contribution is 2.36. The lowest BCUT2D eigenvalue weighted by Crippen LogP contribution is -2.13. The maximum atomic E-state index is 12.4. The Balaban J connectivity index is 2.37. The highest BCUT2D eigenvalue weighted by atomic mass is 16.5. The van der Waals surface area contributed by atoms with Crippen LogP contribution in [0.1, 0.15) is 35.8 Å². The minimum Gasteiger partial charge on any atom is -0.465 e. The predicted octanol–water partition coefficient (Wildman–Crippen LogP) is 4.03. The Hall–Kier alpha value is -2.56. The lowest BCUT2D eigenvalue weighted by Gasteiger charge is -2.14. The number of para-hydroxylation sites is 1. The van der Waals surface area contributed by atoms with Crippen LogP contribution in [0.15, 0.2) is 24.3 Å². The van der Waals surface area contributed by atoms with Crippen molar-refractivity contribution < 1.29 is 9.53 Å². The summed E-state index contributed by atoms with van der Waals surface area (Å²) >= 11 is 0. The molecule has 1 aromatic carbocycles. The maximum absolute atomic E-state index is 12.4. The number of anilines is 1. The number of aryl methyl sites for hydroxylation is 2. The van der Waals surface area contributed by atoms with Crippen molar-refractivity contribution in [1.82, 2.24) is 9.55 Å². The van der Waals surface area contributed by atoms with E-state index in [0.717, 1.165) is 47.0 Å². The molecule has 1 N–H and O–H groups in total. The number of nitrogens with zero attached hydrogens (tertiary/aromatic N) is 2. The molecular weight excluding hydrogens is 302 g/mol. The van der Waals surface area contributed by atoms with Crippen LogP contribution in [0.2, 0.25) is 0 Å². The van der Waals surface area contributed by atoms with Crippen LogP contribution in [0.4, 0.5) is 5.69 Å². The molecule has 3 rings (SSSR count). The molecule has 0 bridgehead atoms. The maximum Gasteiger partial charge on any atom is 0.341 e. The third kappa shape index (κ3) is 2.50. The van der Waals surface area contributed by atoms with Crippen LogP contribution in [-0.2, 0) is 11.8 Å². The Bertz CT molecular complexity index is 912. The summed E-state index contributed by atoms with van der Waals surface area (Å²) in [7, 11) is 3.41. The zero-order valence-corrected chi connectivity index (χ0v) is 14.6. The summed E-state index contributed by atoms with van der Waals surface area (Å²) in [6, 6.07) is 8.16. The molecule has 5 heteroatoms. The van der Waals surface area contributed by atoms with E-state index in [4.69, 9.17) is 9.72 Å².